The molecule has 39 heavy (non-hydrogen) atoms. The standard InChI is InChI=1S/C27H42ClN3O8/c1-15(2)24(22(34)14-28)30-26(37)20-8-7-11-31(20)27(38)17(4)13-21(33)18(5)29-25(36)16(3)12-19(32)9-10-23(35)39-6/h15-18,20,24H,7-14H2,1-6H3,(H,29,36)(H,30,37)/t16-,17-,18-,20+,24?/m1/s1. The molecule has 1 rings (SSSR count). The largest absolute Gasteiger partial charge is 0.469 e. The van der Waals surface area contributed by atoms with Gasteiger partial charge in [-0.3, -0.25) is 33.6 Å². The molecule has 1 saturated heterocycles. The van der Waals surface area contributed by atoms with Gasteiger partial charge in [0, 0.05) is 37.6 Å². The van der Waals surface area contributed by atoms with Crippen LogP contribution in [0.1, 0.15) is 73.1 Å². The summed E-state index contributed by atoms with van der Waals surface area (Å²) in [6.07, 6.45) is 0.745. The van der Waals surface area contributed by atoms with Crippen LogP contribution < -0.4 is 10.6 Å². The summed E-state index contributed by atoms with van der Waals surface area (Å²) in [7, 11) is 1.23. The van der Waals surface area contributed by atoms with Crippen molar-refractivity contribution in [2.75, 3.05) is 19.5 Å². The zero-order valence-electron chi connectivity index (χ0n) is 23.7. The molecule has 12 heteroatoms. The quantitative estimate of drug-likeness (QED) is 0.209. The molecule has 1 fully saturated rings. The topological polar surface area (TPSA) is 156 Å². The molecule has 0 spiro atoms. The third-order valence-electron chi connectivity index (χ3n) is 6.87. The summed E-state index contributed by atoms with van der Waals surface area (Å²) in [5.74, 6) is -4.52. The van der Waals surface area contributed by atoms with E-state index in [-0.39, 0.29) is 60.7 Å². The average molecular weight is 572 g/mol. The number of nitrogens with one attached hydrogen (secondary N) is 2. The van der Waals surface area contributed by atoms with Crippen molar-refractivity contribution < 1.29 is 38.3 Å². The monoisotopic (exact) mass is 571 g/mol. The summed E-state index contributed by atoms with van der Waals surface area (Å²) >= 11 is 5.67. The smallest absolute Gasteiger partial charge is 0.305 e. The number of amides is 3. The molecule has 0 aromatic carbocycles. The van der Waals surface area contributed by atoms with Crippen LogP contribution in [0.2, 0.25) is 0 Å². The van der Waals surface area contributed by atoms with Gasteiger partial charge in [-0.2, -0.15) is 0 Å². The lowest BCUT2D eigenvalue weighted by Gasteiger charge is -2.29. The van der Waals surface area contributed by atoms with E-state index in [2.05, 4.69) is 15.4 Å². The number of esters is 1. The highest BCUT2D eigenvalue weighted by Crippen LogP contribution is 2.22. The van der Waals surface area contributed by atoms with Crippen molar-refractivity contribution in [2.45, 2.75) is 91.3 Å². The van der Waals surface area contributed by atoms with E-state index in [4.69, 9.17) is 11.6 Å². The Hall–Kier alpha value is -2.82. The second-order valence-corrected chi connectivity index (χ2v) is 10.8. The lowest BCUT2D eigenvalue weighted by molar-refractivity contribution is -0.143. The number of rotatable bonds is 16. The highest BCUT2D eigenvalue weighted by atomic mass is 35.5. The van der Waals surface area contributed by atoms with Gasteiger partial charge in [-0.1, -0.05) is 27.7 Å². The Balaban J connectivity index is 2.66. The van der Waals surface area contributed by atoms with Gasteiger partial charge in [0.05, 0.1) is 31.5 Å². The molecule has 0 bridgehead atoms. The number of ketones is 3. The van der Waals surface area contributed by atoms with Gasteiger partial charge in [-0.25, -0.2) is 0 Å². The molecule has 2 N–H and O–H groups in total. The SMILES string of the molecule is COC(=O)CCC(=O)C[C@@H](C)C(=O)N[C@H](C)C(=O)C[C@@H](C)C(=O)N1CCC[C@H]1C(=O)NC(C(=O)CCl)C(C)C. The fourth-order valence-corrected chi connectivity index (χ4v) is 4.59. The number of alkyl halides is 1. The molecule has 220 valence electrons. The van der Waals surface area contributed by atoms with Crippen molar-refractivity contribution in [1.82, 2.24) is 15.5 Å². The van der Waals surface area contributed by atoms with Crippen molar-refractivity contribution in [3.63, 3.8) is 0 Å². The van der Waals surface area contributed by atoms with E-state index in [1.165, 1.54) is 18.9 Å². The zero-order valence-corrected chi connectivity index (χ0v) is 24.5. The molecule has 1 heterocycles. The minimum absolute atomic E-state index is 0.0327. The van der Waals surface area contributed by atoms with Gasteiger partial charge in [-0.15, -0.1) is 11.6 Å². The summed E-state index contributed by atoms with van der Waals surface area (Å²) < 4.78 is 4.50. The summed E-state index contributed by atoms with van der Waals surface area (Å²) in [6.45, 7) is 8.61. The van der Waals surface area contributed by atoms with Crippen LogP contribution in [-0.2, 0) is 38.3 Å². The Morgan fingerprint density at radius 1 is 0.897 bits per heavy atom. The van der Waals surface area contributed by atoms with E-state index < -0.39 is 47.7 Å². The minimum Gasteiger partial charge on any atom is -0.469 e. The Kier molecular flexibility index (Phi) is 14.3. The highest BCUT2D eigenvalue weighted by Gasteiger charge is 2.38. The molecule has 1 aliphatic rings. The second kappa shape index (κ2) is 16.3. The molecular weight excluding hydrogens is 530 g/mol. The predicted octanol–water partition coefficient (Wildman–Crippen LogP) is 1.57. The van der Waals surface area contributed by atoms with Crippen molar-refractivity contribution >= 4 is 52.6 Å². The van der Waals surface area contributed by atoms with Gasteiger partial charge < -0.3 is 20.3 Å². The molecule has 1 aliphatic heterocycles. The number of hydrogen-bond acceptors (Lipinski definition) is 8. The van der Waals surface area contributed by atoms with Crippen molar-refractivity contribution in [2.24, 2.45) is 17.8 Å². The molecule has 5 atom stereocenters. The number of likely N-dealkylation sites (tertiary alicyclic amines) is 1. The van der Waals surface area contributed by atoms with Crippen LogP contribution in [0, 0.1) is 17.8 Å². The molecular formula is C27H42ClN3O8. The molecule has 0 saturated carbocycles. The van der Waals surface area contributed by atoms with Crippen LogP contribution in [0.5, 0.6) is 0 Å². The molecule has 0 aliphatic carbocycles. The van der Waals surface area contributed by atoms with Crippen molar-refractivity contribution in [1.29, 1.82) is 0 Å². The average Bonchev–Trinajstić information content (AvgIpc) is 3.38. The number of nitrogens with zero attached hydrogens (tertiary/aromatic N) is 1. The summed E-state index contributed by atoms with van der Waals surface area (Å²) in [6, 6.07) is -2.37. The highest BCUT2D eigenvalue weighted by molar-refractivity contribution is 6.28. The fraction of sp³-hybridized carbons (Fsp3) is 0.741. The first kappa shape index (κ1) is 34.2. The zero-order chi connectivity index (χ0) is 29.9. The Morgan fingerprint density at radius 2 is 1.54 bits per heavy atom. The molecule has 0 aromatic rings. The number of carbonyl (C=O) groups is 7. The van der Waals surface area contributed by atoms with Gasteiger partial charge in [-0.05, 0) is 25.7 Å². The second-order valence-electron chi connectivity index (χ2n) is 10.5. The third kappa shape index (κ3) is 10.7. The van der Waals surface area contributed by atoms with Crippen LogP contribution >= 0.6 is 11.6 Å². The van der Waals surface area contributed by atoms with E-state index >= 15 is 0 Å². The number of hydrogen-bond donors (Lipinski definition) is 2. The third-order valence-corrected chi connectivity index (χ3v) is 7.13. The molecule has 0 radical (unpaired) electrons. The van der Waals surface area contributed by atoms with Gasteiger partial charge in [0.1, 0.15) is 11.8 Å². The van der Waals surface area contributed by atoms with Crippen LogP contribution in [0.15, 0.2) is 0 Å². The minimum atomic E-state index is -0.883. The lowest BCUT2D eigenvalue weighted by Crippen LogP contribution is -2.53. The summed E-state index contributed by atoms with van der Waals surface area (Å²) in [5, 5.41) is 5.31. The van der Waals surface area contributed by atoms with Crippen LogP contribution in [0.3, 0.4) is 0 Å². The van der Waals surface area contributed by atoms with Crippen molar-refractivity contribution in [3.8, 4) is 0 Å². The van der Waals surface area contributed by atoms with E-state index in [0.717, 1.165) is 0 Å². The molecule has 0 aromatic heterocycles. The molecule has 11 nitrogen and oxygen atoms in total. The van der Waals surface area contributed by atoms with Crippen LogP contribution in [-0.4, -0.2) is 83.6 Å². The van der Waals surface area contributed by atoms with Gasteiger partial charge in [0.25, 0.3) is 0 Å². The first-order valence-corrected chi connectivity index (χ1v) is 13.9. The van der Waals surface area contributed by atoms with Gasteiger partial charge in [0.15, 0.2) is 11.6 Å². The Labute approximate surface area is 235 Å². The Morgan fingerprint density at radius 3 is 2.10 bits per heavy atom. The maximum Gasteiger partial charge on any atom is 0.305 e. The van der Waals surface area contributed by atoms with Gasteiger partial charge >= 0.3 is 5.97 Å². The Bertz CT molecular complexity index is 938. The molecule has 1 unspecified atom stereocenters. The van der Waals surface area contributed by atoms with E-state index in [9.17, 15) is 33.6 Å². The number of methoxy groups -OCH3 is 1. The van der Waals surface area contributed by atoms with E-state index in [0.29, 0.717) is 19.4 Å². The fourth-order valence-electron chi connectivity index (χ4n) is 4.42. The number of Topliss-reactive ketones (excluding diaryl/α,β-unsaturated/α-hetero) is 3. The van der Waals surface area contributed by atoms with Gasteiger partial charge in [0.2, 0.25) is 17.7 Å². The lowest BCUT2D eigenvalue weighted by atomic mass is 9.97. The van der Waals surface area contributed by atoms with Crippen molar-refractivity contribution in [3.05, 3.63) is 0 Å². The normalized spacial score (nSPS) is 18.1. The summed E-state index contributed by atoms with van der Waals surface area (Å²) in [5.41, 5.74) is 0. The van der Waals surface area contributed by atoms with Crippen LogP contribution in [0.25, 0.3) is 0 Å². The number of ether oxygens (including phenoxy) is 1. The maximum atomic E-state index is 13.2. The van der Waals surface area contributed by atoms with Crippen LogP contribution in [0.4, 0.5) is 0 Å². The first-order chi connectivity index (χ1) is 18.2. The summed E-state index contributed by atoms with van der Waals surface area (Å²) in [4.78, 5) is 88.1. The predicted molar refractivity (Wildman–Crippen MR) is 144 cm³/mol. The first-order valence-electron chi connectivity index (χ1n) is 13.3. The number of halogens is 1. The maximum absolute atomic E-state index is 13.2. The molecule has 3 amide bonds. The van der Waals surface area contributed by atoms with E-state index in [1.807, 2.05) is 0 Å². The number of carbonyl (C=O) groups excluding carboxylic acids is 7. The van der Waals surface area contributed by atoms with E-state index in [1.54, 1.807) is 27.7 Å².